The number of aromatic nitrogens is 2. The molecule has 0 unspecified atom stereocenters. The Bertz CT molecular complexity index is 629. The summed E-state index contributed by atoms with van der Waals surface area (Å²) in [5.41, 5.74) is 1.09. The Morgan fingerprint density at radius 3 is 2.92 bits per heavy atom. The molecule has 0 bridgehead atoms. The van der Waals surface area contributed by atoms with Gasteiger partial charge in [-0.15, -0.1) is 0 Å². The summed E-state index contributed by atoms with van der Waals surface area (Å²) in [6.07, 6.45) is 5.50. The number of likely N-dealkylation sites (N-methyl/N-ethyl adjacent to an activating group) is 1. The van der Waals surface area contributed by atoms with Gasteiger partial charge < -0.3 is 24.7 Å². The molecule has 7 heteroatoms. The molecule has 0 aliphatic carbocycles. The summed E-state index contributed by atoms with van der Waals surface area (Å²) in [6.45, 7) is 4.86. The van der Waals surface area contributed by atoms with E-state index >= 15 is 0 Å². The number of methoxy groups -OCH3 is 1. The lowest BCUT2D eigenvalue weighted by molar-refractivity contribution is -0.123. The lowest BCUT2D eigenvalue weighted by Gasteiger charge is -2.12. The van der Waals surface area contributed by atoms with Gasteiger partial charge in [0.15, 0.2) is 18.1 Å². The van der Waals surface area contributed by atoms with Gasteiger partial charge >= 0.3 is 0 Å². The summed E-state index contributed by atoms with van der Waals surface area (Å²) in [5, 5.41) is 6.06. The van der Waals surface area contributed by atoms with Crippen LogP contribution in [-0.4, -0.2) is 42.3 Å². The highest BCUT2D eigenvalue weighted by atomic mass is 16.5. The van der Waals surface area contributed by atoms with Gasteiger partial charge in [-0.2, -0.15) is 0 Å². The highest BCUT2D eigenvalue weighted by Gasteiger charge is 2.08. The van der Waals surface area contributed by atoms with Crippen molar-refractivity contribution in [2.75, 3.05) is 26.8 Å². The van der Waals surface area contributed by atoms with E-state index in [2.05, 4.69) is 15.6 Å². The Hall–Kier alpha value is -2.54. The average molecular weight is 332 g/mol. The Balaban J connectivity index is 1.82. The first-order valence-corrected chi connectivity index (χ1v) is 7.95. The van der Waals surface area contributed by atoms with Crippen molar-refractivity contribution in [2.24, 2.45) is 0 Å². The molecule has 24 heavy (non-hydrogen) atoms. The molecule has 2 rings (SSSR count). The summed E-state index contributed by atoms with van der Waals surface area (Å²) >= 11 is 0. The molecule has 0 radical (unpaired) electrons. The Labute approximate surface area is 142 Å². The minimum atomic E-state index is -0.148. The SMILES string of the molecule is CCNC(=O)COc1ccc(CNCCn2ccnc2)cc1OC. The van der Waals surface area contributed by atoms with E-state index in [4.69, 9.17) is 9.47 Å². The normalized spacial score (nSPS) is 10.4. The van der Waals surface area contributed by atoms with Crippen LogP contribution in [0, 0.1) is 0 Å². The average Bonchev–Trinajstić information content (AvgIpc) is 3.11. The van der Waals surface area contributed by atoms with E-state index in [-0.39, 0.29) is 12.5 Å². The van der Waals surface area contributed by atoms with Gasteiger partial charge in [0.25, 0.3) is 5.91 Å². The second kappa shape index (κ2) is 9.57. The fraction of sp³-hybridized carbons (Fsp3) is 0.412. The molecule has 0 fully saturated rings. The standard InChI is InChI=1S/C17H24N4O3/c1-3-20-17(22)12-24-15-5-4-14(10-16(15)23-2)11-18-6-8-21-9-7-19-13-21/h4-5,7,9-10,13,18H,3,6,8,11-12H2,1-2H3,(H,20,22). The fourth-order valence-corrected chi connectivity index (χ4v) is 2.19. The topological polar surface area (TPSA) is 77.4 Å². The Morgan fingerprint density at radius 1 is 1.33 bits per heavy atom. The zero-order chi connectivity index (χ0) is 17.2. The van der Waals surface area contributed by atoms with Gasteiger partial charge in [-0.3, -0.25) is 4.79 Å². The van der Waals surface area contributed by atoms with Gasteiger partial charge in [0.2, 0.25) is 0 Å². The van der Waals surface area contributed by atoms with E-state index in [1.165, 1.54) is 0 Å². The van der Waals surface area contributed by atoms with Crippen LogP contribution in [0.25, 0.3) is 0 Å². The van der Waals surface area contributed by atoms with Crippen LogP contribution >= 0.6 is 0 Å². The van der Waals surface area contributed by atoms with Gasteiger partial charge in [0, 0.05) is 38.6 Å². The number of nitrogens with zero attached hydrogens (tertiary/aromatic N) is 2. The van der Waals surface area contributed by atoms with E-state index in [1.54, 1.807) is 19.6 Å². The van der Waals surface area contributed by atoms with Gasteiger partial charge in [0.1, 0.15) is 0 Å². The first-order valence-electron chi connectivity index (χ1n) is 7.95. The predicted octanol–water partition coefficient (Wildman–Crippen LogP) is 1.20. The van der Waals surface area contributed by atoms with Crippen LogP contribution in [0.2, 0.25) is 0 Å². The van der Waals surface area contributed by atoms with Crippen molar-refractivity contribution in [2.45, 2.75) is 20.0 Å². The maximum Gasteiger partial charge on any atom is 0.257 e. The summed E-state index contributed by atoms with van der Waals surface area (Å²) in [7, 11) is 1.59. The Morgan fingerprint density at radius 2 is 2.21 bits per heavy atom. The second-order valence-electron chi connectivity index (χ2n) is 5.20. The minimum absolute atomic E-state index is 0.0211. The van der Waals surface area contributed by atoms with Crippen molar-refractivity contribution in [3.8, 4) is 11.5 Å². The van der Waals surface area contributed by atoms with Crippen LogP contribution in [-0.2, 0) is 17.9 Å². The maximum atomic E-state index is 11.5. The molecular formula is C17H24N4O3. The highest BCUT2D eigenvalue weighted by molar-refractivity contribution is 5.77. The molecule has 0 saturated carbocycles. The van der Waals surface area contributed by atoms with Crippen LogP contribution in [0.3, 0.4) is 0 Å². The third kappa shape index (κ3) is 5.58. The number of nitrogens with one attached hydrogen (secondary N) is 2. The molecule has 0 aliphatic rings. The number of imidazole rings is 1. The number of benzene rings is 1. The number of carbonyl (C=O) groups excluding carboxylic acids is 1. The van der Waals surface area contributed by atoms with Crippen molar-refractivity contribution >= 4 is 5.91 Å². The molecule has 1 aromatic carbocycles. The molecule has 2 aromatic rings. The summed E-state index contributed by atoms with van der Waals surface area (Å²) in [5.74, 6) is 1.03. The zero-order valence-electron chi connectivity index (χ0n) is 14.1. The van der Waals surface area contributed by atoms with Crippen molar-refractivity contribution in [1.82, 2.24) is 20.2 Å². The van der Waals surface area contributed by atoms with E-state index < -0.39 is 0 Å². The van der Waals surface area contributed by atoms with Crippen molar-refractivity contribution in [3.63, 3.8) is 0 Å². The molecule has 2 N–H and O–H groups in total. The lowest BCUT2D eigenvalue weighted by atomic mass is 10.2. The van der Waals surface area contributed by atoms with Crippen molar-refractivity contribution < 1.29 is 14.3 Å². The third-order valence-corrected chi connectivity index (χ3v) is 3.40. The predicted molar refractivity (Wildman–Crippen MR) is 91.1 cm³/mol. The van der Waals surface area contributed by atoms with E-state index in [0.717, 1.165) is 25.2 Å². The number of carbonyl (C=O) groups is 1. The van der Waals surface area contributed by atoms with E-state index in [1.807, 2.05) is 35.9 Å². The first-order chi connectivity index (χ1) is 11.7. The maximum absolute atomic E-state index is 11.5. The lowest BCUT2D eigenvalue weighted by Crippen LogP contribution is -2.28. The van der Waals surface area contributed by atoms with E-state index in [0.29, 0.717) is 18.0 Å². The van der Waals surface area contributed by atoms with Gasteiger partial charge in [-0.25, -0.2) is 4.98 Å². The molecule has 7 nitrogen and oxygen atoms in total. The summed E-state index contributed by atoms with van der Waals surface area (Å²) in [6, 6.07) is 5.70. The number of hydrogen-bond donors (Lipinski definition) is 2. The van der Waals surface area contributed by atoms with Gasteiger partial charge in [0.05, 0.1) is 13.4 Å². The quantitative estimate of drug-likeness (QED) is 0.639. The largest absolute Gasteiger partial charge is 0.493 e. The van der Waals surface area contributed by atoms with Crippen molar-refractivity contribution in [1.29, 1.82) is 0 Å². The zero-order valence-corrected chi connectivity index (χ0v) is 14.1. The molecule has 0 saturated heterocycles. The highest BCUT2D eigenvalue weighted by Crippen LogP contribution is 2.27. The van der Waals surface area contributed by atoms with Gasteiger partial charge in [-0.1, -0.05) is 6.07 Å². The van der Waals surface area contributed by atoms with Crippen LogP contribution < -0.4 is 20.1 Å². The van der Waals surface area contributed by atoms with Crippen molar-refractivity contribution in [3.05, 3.63) is 42.5 Å². The third-order valence-electron chi connectivity index (χ3n) is 3.40. The molecule has 0 aliphatic heterocycles. The molecule has 0 spiro atoms. The first kappa shape index (κ1) is 17.8. The van der Waals surface area contributed by atoms with Gasteiger partial charge in [-0.05, 0) is 24.6 Å². The van der Waals surface area contributed by atoms with Crippen LogP contribution in [0.4, 0.5) is 0 Å². The second-order valence-corrected chi connectivity index (χ2v) is 5.20. The number of ether oxygens (including phenoxy) is 2. The van der Waals surface area contributed by atoms with E-state index in [9.17, 15) is 4.79 Å². The molecule has 130 valence electrons. The Kier molecular flexibility index (Phi) is 7.10. The monoisotopic (exact) mass is 332 g/mol. The molecule has 1 aromatic heterocycles. The minimum Gasteiger partial charge on any atom is -0.493 e. The molecule has 1 amide bonds. The fourth-order valence-electron chi connectivity index (χ4n) is 2.19. The van der Waals surface area contributed by atoms with Crippen LogP contribution in [0.1, 0.15) is 12.5 Å². The smallest absolute Gasteiger partial charge is 0.257 e. The van der Waals surface area contributed by atoms with Crippen LogP contribution in [0.15, 0.2) is 36.9 Å². The number of rotatable bonds is 10. The molecular weight excluding hydrogens is 308 g/mol. The number of hydrogen-bond acceptors (Lipinski definition) is 5. The summed E-state index contributed by atoms with van der Waals surface area (Å²) in [4.78, 5) is 15.5. The summed E-state index contributed by atoms with van der Waals surface area (Å²) < 4.78 is 12.9. The number of amides is 1. The molecule has 0 atom stereocenters. The van der Waals surface area contributed by atoms with Crippen LogP contribution in [0.5, 0.6) is 11.5 Å². The molecule has 1 heterocycles.